The number of hydrogen-bond donors (Lipinski definition) is 0. The van der Waals surface area contributed by atoms with Crippen LogP contribution in [0.25, 0.3) is 0 Å². The Morgan fingerprint density at radius 1 is 1.32 bits per heavy atom. The van der Waals surface area contributed by atoms with Crippen LogP contribution in [0.3, 0.4) is 0 Å². The Kier molecular flexibility index (Phi) is 4.95. The highest BCUT2D eigenvalue weighted by Gasteiger charge is 2.32. The first-order valence-corrected chi connectivity index (χ1v) is 8.90. The highest BCUT2D eigenvalue weighted by molar-refractivity contribution is 5.92. The molecule has 0 aliphatic carbocycles. The average molecular weight is 341 g/mol. The third-order valence-corrected chi connectivity index (χ3v) is 4.89. The second-order valence-electron chi connectivity index (χ2n) is 7.29. The van der Waals surface area contributed by atoms with Crippen LogP contribution in [0.5, 0.6) is 0 Å². The van der Waals surface area contributed by atoms with Crippen molar-refractivity contribution in [3.63, 3.8) is 0 Å². The number of morpholine rings is 1. The number of aromatic nitrogens is 2. The molecule has 5 heteroatoms. The maximum atomic E-state index is 13.0. The highest BCUT2D eigenvalue weighted by atomic mass is 16.5. The Bertz CT molecular complexity index is 766. The lowest BCUT2D eigenvalue weighted by Gasteiger charge is -2.38. The van der Waals surface area contributed by atoms with E-state index in [-0.39, 0.29) is 18.1 Å². The van der Waals surface area contributed by atoms with Gasteiger partial charge in [-0.2, -0.15) is 0 Å². The molecule has 1 aromatic carbocycles. The molecule has 2 atom stereocenters. The molecule has 5 nitrogen and oxygen atoms in total. The monoisotopic (exact) mass is 341 g/mol. The molecule has 0 bridgehead atoms. The van der Waals surface area contributed by atoms with E-state index in [9.17, 15) is 4.79 Å². The summed E-state index contributed by atoms with van der Waals surface area (Å²) in [5.74, 6) is -0.0227. The minimum atomic E-state index is -0.0905. The van der Waals surface area contributed by atoms with Crippen LogP contribution in [-0.2, 0) is 4.74 Å². The fourth-order valence-electron chi connectivity index (χ4n) is 3.21. The predicted molar refractivity (Wildman–Crippen MR) is 97.7 cm³/mol. The van der Waals surface area contributed by atoms with E-state index in [1.54, 1.807) is 6.33 Å². The summed E-state index contributed by atoms with van der Waals surface area (Å²) in [6.45, 7) is 11.4. The molecule has 3 rings (SSSR count). The first-order valence-electron chi connectivity index (χ1n) is 8.90. The first kappa shape index (κ1) is 17.7. The molecular formula is C20H27N3O2. The van der Waals surface area contributed by atoms with Gasteiger partial charge in [-0.1, -0.05) is 23.8 Å². The van der Waals surface area contributed by atoms with Gasteiger partial charge >= 0.3 is 0 Å². The average Bonchev–Trinajstić information content (AvgIpc) is 3.07. The molecule has 0 saturated carbocycles. The summed E-state index contributed by atoms with van der Waals surface area (Å²) in [5, 5.41) is 0. The van der Waals surface area contributed by atoms with E-state index in [1.165, 1.54) is 11.1 Å². The summed E-state index contributed by atoms with van der Waals surface area (Å²) in [5.41, 5.74) is 4.07. The van der Waals surface area contributed by atoms with Crippen molar-refractivity contribution < 1.29 is 9.53 Å². The molecule has 1 fully saturated rings. The number of amides is 1. The molecule has 1 aromatic heterocycles. The van der Waals surface area contributed by atoms with Crippen LogP contribution in [0.2, 0.25) is 0 Å². The van der Waals surface area contributed by atoms with Gasteiger partial charge in [-0.15, -0.1) is 0 Å². The molecule has 0 N–H and O–H groups in total. The van der Waals surface area contributed by atoms with Gasteiger partial charge in [0, 0.05) is 12.2 Å². The number of nitrogens with zero attached hydrogens (tertiary/aromatic N) is 3. The third-order valence-electron chi connectivity index (χ3n) is 4.89. The fourth-order valence-corrected chi connectivity index (χ4v) is 3.21. The van der Waals surface area contributed by atoms with Crippen molar-refractivity contribution in [1.29, 1.82) is 0 Å². The lowest BCUT2D eigenvalue weighted by atomic mass is 9.98. The summed E-state index contributed by atoms with van der Waals surface area (Å²) in [7, 11) is 0. The normalized spacial score (nSPS) is 21.0. The van der Waals surface area contributed by atoms with Gasteiger partial charge in [-0.05, 0) is 45.7 Å². The van der Waals surface area contributed by atoms with E-state index in [4.69, 9.17) is 4.74 Å². The molecule has 2 aromatic rings. The molecule has 25 heavy (non-hydrogen) atoms. The van der Waals surface area contributed by atoms with Gasteiger partial charge in [0.2, 0.25) is 0 Å². The molecule has 1 aliphatic rings. The zero-order chi connectivity index (χ0) is 18.1. The molecule has 2 heterocycles. The van der Waals surface area contributed by atoms with E-state index in [0.29, 0.717) is 24.9 Å². The maximum absolute atomic E-state index is 13.0. The van der Waals surface area contributed by atoms with Crippen molar-refractivity contribution in [2.75, 3.05) is 13.2 Å². The standard InChI is InChI=1S/C20H27N3O2/c1-13(2)22-9-18(21-12-22)20(24)23-10-19(25-11-16(23)5)17-8-14(3)6-7-15(17)4/h6-9,12-13,16,19H,10-11H2,1-5H3/t16-,19+/m0/s1. The molecular weight excluding hydrogens is 314 g/mol. The Morgan fingerprint density at radius 2 is 2.08 bits per heavy atom. The number of carbonyl (C=O) groups is 1. The van der Waals surface area contributed by atoms with Crippen molar-refractivity contribution in [1.82, 2.24) is 14.5 Å². The summed E-state index contributed by atoms with van der Waals surface area (Å²) in [6.07, 6.45) is 3.47. The van der Waals surface area contributed by atoms with Crippen LogP contribution in [0.15, 0.2) is 30.7 Å². The third kappa shape index (κ3) is 3.61. The summed E-state index contributed by atoms with van der Waals surface area (Å²) < 4.78 is 8.01. The van der Waals surface area contributed by atoms with Crippen molar-refractivity contribution in [2.24, 2.45) is 0 Å². The number of rotatable bonds is 3. The number of carbonyl (C=O) groups excluding carboxylic acids is 1. The summed E-state index contributed by atoms with van der Waals surface area (Å²) in [6, 6.07) is 6.71. The maximum Gasteiger partial charge on any atom is 0.274 e. The largest absolute Gasteiger partial charge is 0.370 e. The van der Waals surface area contributed by atoms with Crippen LogP contribution in [0.4, 0.5) is 0 Å². The Morgan fingerprint density at radius 3 is 2.76 bits per heavy atom. The van der Waals surface area contributed by atoms with E-state index in [0.717, 1.165) is 5.56 Å². The summed E-state index contributed by atoms with van der Waals surface area (Å²) in [4.78, 5) is 19.2. The second-order valence-corrected chi connectivity index (χ2v) is 7.29. The zero-order valence-corrected chi connectivity index (χ0v) is 15.7. The van der Waals surface area contributed by atoms with Gasteiger partial charge in [0.05, 0.1) is 25.5 Å². The van der Waals surface area contributed by atoms with Crippen LogP contribution in [-0.4, -0.2) is 39.6 Å². The predicted octanol–water partition coefficient (Wildman–Crippen LogP) is 3.68. The number of benzene rings is 1. The van der Waals surface area contributed by atoms with Crippen LogP contribution < -0.4 is 0 Å². The number of ether oxygens (including phenoxy) is 1. The zero-order valence-electron chi connectivity index (χ0n) is 15.7. The number of hydrogen-bond acceptors (Lipinski definition) is 3. The van der Waals surface area contributed by atoms with Crippen LogP contribution in [0.1, 0.15) is 60.1 Å². The van der Waals surface area contributed by atoms with Gasteiger partial charge in [-0.25, -0.2) is 4.98 Å². The first-order chi connectivity index (χ1) is 11.9. The number of aryl methyl sites for hydroxylation is 2. The topological polar surface area (TPSA) is 47.4 Å². The molecule has 1 aliphatic heterocycles. The van der Waals surface area contributed by atoms with Gasteiger partial charge < -0.3 is 14.2 Å². The van der Waals surface area contributed by atoms with Gasteiger partial charge in [-0.3, -0.25) is 4.79 Å². The van der Waals surface area contributed by atoms with E-state index in [2.05, 4.69) is 50.9 Å². The van der Waals surface area contributed by atoms with Gasteiger partial charge in [0.25, 0.3) is 5.91 Å². The SMILES string of the molecule is Cc1ccc(C)c([C@H]2CN(C(=O)c3cn(C(C)C)cn3)[C@@H](C)CO2)c1. The second kappa shape index (κ2) is 7.00. The van der Waals surface area contributed by atoms with Crippen LogP contribution in [0, 0.1) is 13.8 Å². The van der Waals surface area contributed by atoms with Crippen molar-refractivity contribution in [3.05, 3.63) is 53.1 Å². The van der Waals surface area contributed by atoms with E-state index < -0.39 is 0 Å². The molecule has 0 spiro atoms. The van der Waals surface area contributed by atoms with E-state index in [1.807, 2.05) is 22.6 Å². The molecule has 134 valence electrons. The van der Waals surface area contributed by atoms with Crippen molar-refractivity contribution >= 4 is 5.91 Å². The Balaban J connectivity index is 1.82. The lowest BCUT2D eigenvalue weighted by molar-refractivity contribution is -0.0490. The molecule has 0 unspecified atom stereocenters. The highest BCUT2D eigenvalue weighted by Crippen LogP contribution is 2.28. The van der Waals surface area contributed by atoms with E-state index >= 15 is 0 Å². The summed E-state index contributed by atoms with van der Waals surface area (Å²) >= 11 is 0. The fraction of sp³-hybridized carbons (Fsp3) is 0.500. The molecule has 0 radical (unpaired) electrons. The smallest absolute Gasteiger partial charge is 0.274 e. The number of imidazole rings is 1. The van der Waals surface area contributed by atoms with Crippen molar-refractivity contribution in [2.45, 2.75) is 52.8 Å². The lowest BCUT2D eigenvalue weighted by Crippen LogP contribution is -2.48. The van der Waals surface area contributed by atoms with Crippen molar-refractivity contribution in [3.8, 4) is 0 Å². The molecule has 1 amide bonds. The minimum Gasteiger partial charge on any atom is -0.370 e. The Labute approximate surface area is 149 Å². The quantitative estimate of drug-likeness (QED) is 0.855. The van der Waals surface area contributed by atoms with Crippen LogP contribution >= 0.6 is 0 Å². The van der Waals surface area contributed by atoms with Gasteiger partial charge in [0.15, 0.2) is 0 Å². The Hall–Kier alpha value is -2.14. The molecule has 1 saturated heterocycles. The van der Waals surface area contributed by atoms with Gasteiger partial charge in [0.1, 0.15) is 11.8 Å². The minimum absolute atomic E-state index is 0.0227.